The molecular formula is C22H34IN5O2S. The average molecular weight is 560 g/mol. The van der Waals surface area contributed by atoms with Gasteiger partial charge in [-0.25, -0.2) is 4.99 Å². The number of hydrogen-bond acceptors (Lipinski definition) is 4. The number of hydrogen-bond donors (Lipinski definition) is 1. The molecule has 0 aromatic heterocycles. The highest BCUT2D eigenvalue weighted by molar-refractivity contribution is 14.0. The molecule has 0 radical (unpaired) electrons. The minimum absolute atomic E-state index is 0. The first kappa shape index (κ1) is 25.8. The van der Waals surface area contributed by atoms with E-state index in [0.717, 1.165) is 56.4 Å². The van der Waals surface area contributed by atoms with Crippen LogP contribution in [0.3, 0.4) is 0 Å². The zero-order chi connectivity index (χ0) is 21.5. The Morgan fingerprint density at radius 1 is 1.32 bits per heavy atom. The topological polar surface area (TPSA) is 68.2 Å². The van der Waals surface area contributed by atoms with Crippen molar-refractivity contribution in [3.8, 4) is 0 Å². The van der Waals surface area contributed by atoms with Crippen molar-refractivity contribution in [1.29, 1.82) is 0 Å². The van der Waals surface area contributed by atoms with Crippen LogP contribution in [0, 0.1) is 0 Å². The molecule has 3 rings (SSSR count). The predicted molar refractivity (Wildman–Crippen MR) is 140 cm³/mol. The lowest BCUT2D eigenvalue weighted by Gasteiger charge is -2.24. The highest BCUT2D eigenvalue weighted by Gasteiger charge is 2.32. The molecule has 0 bridgehead atoms. The van der Waals surface area contributed by atoms with Crippen molar-refractivity contribution >= 4 is 59.2 Å². The van der Waals surface area contributed by atoms with E-state index in [1.807, 2.05) is 11.0 Å². The standard InChI is InChI=1S/C22H33N5O2S.HI/c1-25(2)21(29)15-24-22(23-11-14-30-3)27-16-17(18-7-4-5-8-19(18)27)10-13-26-12-6-9-20(26)28;/h4-5,7-8,17H,6,9-16H2,1-3H3,(H,23,24);1H. The summed E-state index contributed by atoms with van der Waals surface area (Å²) in [6, 6.07) is 8.42. The Kier molecular flexibility index (Phi) is 10.4. The molecule has 1 saturated heterocycles. The van der Waals surface area contributed by atoms with E-state index in [1.54, 1.807) is 30.8 Å². The molecule has 1 aromatic rings. The molecular weight excluding hydrogens is 525 g/mol. The van der Waals surface area contributed by atoms with Crippen LogP contribution in [0.15, 0.2) is 29.3 Å². The van der Waals surface area contributed by atoms with E-state index < -0.39 is 0 Å². The maximum absolute atomic E-state index is 12.1. The number of anilines is 1. The maximum Gasteiger partial charge on any atom is 0.243 e. The number of nitrogens with one attached hydrogen (secondary N) is 1. The molecule has 2 aliphatic rings. The molecule has 2 amide bonds. The summed E-state index contributed by atoms with van der Waals surface area (Å²) in [6.45, 7) is 3.41. The molecule has 9 heteroatoms. The molecule has 1 fully saturated rings. The van der Waals surface area contributed by atoms with Gasteiger partial charge in [0, 0.05) is 64.1 Å². The van der Waals surface area contributed by atoms with Gasteiger partial charge in [0.15, 0.2) is 5.96 Å². The van der Waals surface area contributed by atoms with Crippen LogP contribution >= 0.6 is 35.7 Å². The number of amides is 2. The molecule has 0 spiro atoms. The molecule has 0 saturated carbocycles. The third-order valence-electron chi connectivity index (χ3n) is 5.70. The molecule has 2 heterocycles. The quantitative estimate of drug-likeness (QED) is 0.230. The van der Waals surface area contributed by atoms with E-state index in [9.17, 15) is 9.59 Å². The lowest BCUT2D eigenvalue weighted by molar-refractivity contribution is -0.128. The van der Waals surface area contributed by atoms with Gasteiger partial charge in [-0.3, -0.25) is 9.59 Å². The Balaban J connectivity index is 0.00000341. The van der Waals surface area contributed by atoms with Gasteiger partial charge in [0.05, 0.1) is 0 Å². The van der Waals surface area contributed by atoms with Crippen molar-refractivity contribution in [2.24, 2.45) is 4.99 Å². The van der Waals surface area contributed by atoms with E-state index in [4.69, 9.17) is 0 Å². The largest absolute Gasteiger partial charge is 0.355 e. The second kappa shape index (κ2) is 12.5. The molecule has 1 N–H and O–H groups in total. The third kappa shape index (κ3) is 6.74. The van der Waals surface area contributed by atoms with E-state index in [1.165, 1.54) is 5.56 Å². The summed E-state index contributed by atoms with van der Waals surface area (Å²) < 4.78 is 0. The van der Waals surface area contributed by atoms with Gasteiger partial charge in [-0.2, -0.15) is 11.8 Å². The number of benzene rings is 1. The van der Waals surface area contributed by atoms with E-state index >= 15 is 0 Å². The number of aliphatic imine (C=N–C) groups is 1. The Hall–Kier alpha value is -1.49. The lowest BCUT2D eigenvalue weighted by atomic mass is 9.98. The lowest BCUT2D eigenvalue weighted by Crippen LogP contribution is -2.43. The number of halogens is 1. The normalized spacial score (nSPS) is 18.1. The van der Waals surface area contributed by atoms with Gasteiger partial charge in [0.1, 0.15) is 6.54 Å². The molecule has 172 valence electrons. The summed E-state index contributed by atoms with van der Waals surface area (Å²) in [7, 11) is 3.50. The van der Waals surface area contributed by atoms with Crippen LogP contribution in [0.4, 0.5) is 5.69 Å². The first-order chi connectivity index (χ1) is 14.5. The van der Waals surface area contributed by atoms with Gasteiger partial charge in [-0.1, -0.05) is 18.2 Å². The van der Waals surface area contributed by atoms with E-state index in [0.29, 0.717) is 12.3 Å². The Labute approximate surface area is 207 Å². The third-order valence-corrected chi connectivity index (χ3v) is 6.31. The summed E-state index contributed by atoms with van der Waals surface area (Å²) in [4.78, 5) is 34.5. The average Bonchev–Trinajstić information content (AvgIpc) is 3.32. The number of likely N-dealkylation sites (tertiary alicyclic amines) is 1. The number of thioether (sulfide) groups is 1. The highest BCUT2D eigenvalue weighted by Crippen LogP contribution is 2.38. The van der Waals surface area contributed by atoms with Gasteiger partial charge in [0.2, 0.25) is 11.8 Å². The van der Waals surface area contributed by atoms with Gasteiger partial charge < -0.3 is 20.0 Å². The first-order valence-corrected chi connectivity index (χ1v) is 12.0. The molecule has 1 atom stereocenters. The Morgan fingerprint density at radius 2 is 2.10 bits per heavy atom. The van der Waals surface area contributed by atoms with Gasteiger partial charge in [-0.15, -0.1) is 24.0 Å². The molecule has 0 aliphatic carbocycles. The number of likely N-dealkylation sites (N-methyl/N-ethyl adjacent to an activating group) is 1. The fourth-order valence-electron chi connectivity index (χ4n) is 3.98. The van der Waals surface area contributed by atoms with Crippen LogP contribution in [0.1, 0.15) is 30.7 Å². The fourth-order valence-corrected chi connectivity index (χ4v) is 4.29. The number of rotatable bonds is 8. The second-order valence-electron chi connectivity index (χ2n) is 7.99. The van der Waals surface area contributed by atoms with Gasteiger partial charge in [-0.05, 0) is 30.7 Å². The summed E-state index contributed by atoms with van der Waals surface area (Å²) >= 11 is 1.78. The monoisotopic (exact) mass is 559 g/mol. The summed E-state index contributed by atoms with van der Waals surface area (Å²) in [5.74, 6) is 2.33. The van der Waals surface area contributed by atoms with Crippen molar-refractivity contribution < 1.29 is 9.59 Å². The molecule has 7 nitrogen and oxygen atoms in total. The van der Waals surface area contributed by atoms with Crippen LogP contribution in [0.25, 0.3) is 0 Å². The van der Waals surface area contributed by atoms with Crippen molar-refractivity contribution in [2.75, 3.05) is 63.7 Å². The van der Waals surface area contributed by atoms with Crippen molar-refractivity contribution in [3.63, 3.8) is 0 Å². The number of carbonyl (C=O) groups excluding carboxylic acids is 2. The van der Waals surface area contributed by atoms with Gasteiger partial charge >= 0.3 is 0 Å². The van der Waals surface area contributed by atoms with Crippen molar-refractivity contribution in [2.45, 2.75) is 25.2 Å². The van der Waals surface area contributed by atoms with E-state index in [2.05, 4.69) is 39.7 Å². The number of fused-ring (bicyclic) bond motifs is 1. The summed E-state index contributed by atoms with van der Waals surface area (Å²) in [5.41, 5.74) is 2.44. The van der Waals surface area contributed by atoms with E-state index in [-0.39, 0.29) is 42.3 Å². The van der Waals surface area contributed by atoms with Crippen LogP contribution in [0.5, 0.6) is 0 Å². The summed E-state index contributed by atoms with van der Waals surface area (Å²) in [5, 5.41) is 3.44. The van der Waals surface area contributed by atoms with Crippen LogP contribution < -0.4 is 10.2 Å². The second-order valence-corrected chi connectivity index (χ2v) is 8.97. The molecule has 31 heavy (non-hydrogen) atoms. The highest BCUT2D eigenvalue weighted by atomic mass is 127. The smallest absolute Gasteiger partial charge is 0.243 e. The minimum Gasteiger partial charge on any atom is -0.355 e. The molecule has 1 aromatic carbocycles. The number of carbonyl (C=O) groups is 2. The maximum atomic E-state index is 12.1. The zero-order valence-corrected chi connectivity index (χ0v) is 21.8. The number of guanidine groups is 1. The van der Waals surface area contributed by atoms with Crippen LogP contribution in [0.2, 0.25) is 0 Å². The SMILES string of the molecule is CSCCNC(=NCC(=O)N(C)C)N1CC(CCN2CCCC2=O)c2ccccc21.I. The zero-order valence-electron chi connectivity index (χ0n) is 18.7. The van der Waals surface area contributed by atoms with Crippen LogP contribution in [-0.2, 0) is 9.59 Å². The number of para-hydroxylation sites is 1. The number of nitrogens with zero attached hydrogens (tertiary/aromatic N) is 4. The predicted octanol–water partition coefficient (Wildman–Crippen LogP) is 2.62. The van der Waals surface area contributed by atoms with Crippen LogP contribution in [-0.4, -0.2) is 86.4 Å². The Morgan fingerprint density at radius 3 is 2.77 bits per heavy atom. The fraction of sp³-hybridized carbons (Fsp3) is 0.591. The molecule has 2 aliphatic heterocycles. The van der Waals surface area contributed by atoms with Crippen molar-refractivity contribution in [3.05, 3.63) is 29.8 Å². The molecule has 1 unspecified atom stereocenters. The Bertz CT molecular complexity index is 789. The first-order valence-electron chi connectivity index (χ1n) is 10.6. The van der Waals surface area contributed by atoms with Gasteiger partial charge in [0.25, 0.3) is 0 Å². The summed E-state index contributed by atoms with van der Waals surface area (Å²) in [6.07, 6.45) is 4.68. The minimum atomic E-state index is -0.0178. The van der Waals surface area contributed by atoms with Crippen molar-refractivity contribution in [1.82, 2.24) is 15.1 Å².